The zero-order valence-electron chi connectivity index (χ0n) is 18.3. The van der Waals surface area contributed by atoms with Crippen molar-refractivity contribution in [3.8, 4) is 6.07 Å². The Hall–Kier alpha value is -3.84. The van der Waals surface area contributed by atoms with Gasteiger partial charge in [0.25, 0.3) is 5.91 Å². The van der Waals surface area contributed by atoms with E-state index in [-0.39, 0.29) is 12.1 Å². The summed E-state index contributed by atoms with van der Waals surface area (Å²) in [5.74, 6) is -0.718. The Balaban J connectivity index is 2.27. The SMILES string of the molecule is CN(Cc1ccc(N/C=C\N)cc1)C(C)(C)C(=O)N(C=O)c1ccc(C#N)c(C(F)(F)F)c1. The number of benzene rings is 2. The second-order valence-corrected chi connectivity index (χ2v) is 7.74. The van der Waals surface area contributed by atoms with Gasteiger partial charge in [-0.3, -0.25) is 19.4 Å². The van der Waals surface area contributed by atoms with Crippen molar-refractivity contribution in [2.24, 2.45) is 5.73 Å². The third-order valence-electron chi connectivity index (χ3n) is 5.23. The summed E-state index contributed by atoms with van der Waals surface area (Å²) >= 11 is 0. The number of carbonyl (C=O) groups is 2. The molecule has 174 valence electrons. The number of nitrogens with zero attached hydrogens (tertiary/aromatic N) is 3. The highest BCUT2D eigenvalue weighted by molar-refractivity contribution is 6.11. The van der Waals surface area contributed by atoms with E-state index in [9.17, 15) is 22.8 Å². The molecule has 0 bridgehead atoms. The monoisotopic (exact) mass is 459 g/mol. The van der Waals surface area contributed by atoms with Crippen molar-refractivity contribution in [2.45, 2.75) is 32.1 Å². The number of amides is 2. The van der Waals surface area contributed by atoms with E-state index < -0.39 is 28.7 Å². The van der Waals surface area contributed by atoms with Crippen molar-refractivity contribution in [1.82, 2.24) is 4.90 Å². The van der Waals surface area contributed by atoms with Crippen LogP contribution in [0.25, 0.3) is 0 Å². The summed E-state index contributed by atoms with van der Waals surface area (Å²) in [6.45, 7) is 3.48. The number of nitrogens with two attached hydrogens (primary N) is 1. The fourth-order valence-corrected chi connectivity index (χ4v) is 3.02. The molecule has 0 aliphatic heterocycles. The lowest BCUT2D eigenvalue weighted by Crippen LogP contribution is -2.54. The smallest absolute Gasteiger partial charge is 0.403 e. The Labute approximate surface area is 189 Å². The minimum Gasteiger partial charge on any atom is -0.403 e. The third-order valence-corrected chi connectivity index (χ3v) is 5.23. The minimum absolute atomic E-state index is 0.172. The van der Waals surface area contributed by atoms with E-state index in [1.165, 1.54) is 12.3 Å². The van der Waals surface area contributed by atoms with Crippen LogP contribution in [0.1, 0.15) is 30.5 Å². The number of imide groups is 1. The number of nitriles is 1. The van der Waals surface area contributed by atoms with Crippen LogP contribution >= 0.6 is 0 Å². The number of hydrogen-bond donors (Lipinski definition) is 2. The van der Waals surface area contributed by atoms with E-state index in [4.69, 9.17) is 11.0 Å². The summed E-state index contributed by atoms with van der Waals surface area (Å²) < 4.78 is 40.0. The van der Waals surface area contributed by atoms with Gasteiger partial charge in [0.2, 0.25) is 6.41 Å². The molecule has 0 saturated carbocycles. The van der Waals surface area contributed by atoms with Gasteiger partial charge in [-0.1, -0.05) is 12.1 Å². The highest BCUT2D eigenvalue weighted by Crippen LogP contribution is 2.35. The van der Waals surface area contributed by atoms with Gasteiger partial charge in [0, 0.05) is 24.6 Å². The van der Waals surface area contributed by atoms with E-state index >= 15 is 0 Å². The Bertz CT molecular complexity index is 1070. The van der Waals surface area contributed by atoms with Crippen LogP contribution in [0.3, 0.4) is 0 Å². The number of alkyl halides is 3. The molecule has 0 aromatic heterocycles. The first-order valence-electron chi connectivity index (χ1n) is 9.79. The van der Waals surface area contributed by atoms with Gasteiger partial charge in [0.05, 0.1) is 28.4 Å². The second kappa shape index (κ2) is 10.2. The maximum Gasteiger partial charge on any atom is 0.417 e. The first-order chi connectivity index (χ1) is 15.4. The Kier molecular flexibility index (Phi) is 7.85. The van der Waals surface area contributed by atoms with Crippen LogP contribution in [-0.2, 0) is 22.3 Å². The van der Waals surface area contributed by atoms with Crippen molar-refractivity contribution in [1.29, 1.82) is 5.26 Å². The number of rotatable bonds is 8. The Morgan fingerprint density at radius 1 is 1.18 bits per heavy atom. The molecule has 0 atom stereocenters. The zero-order chi connectivity index (χ0) is 24.8. The lowest BCUT2D eigenvalue weighted by atomic mass is 9.99. The van der Waals surface area contributed by atoms with Crippen LogP contribution in [0.4, 0.5) is 24.5 Å². The number of likely N-dealkylation sites (N-methyl/N-ethyl adjacent to an activating group) is 1. The van der Waals surface area contributed by atoms with Gasteiger partial charge in [0.15, 0.2) is 0 Å². The van der Waals surface area contributed by atoms with Crippen LogP contribution < -0.4 is 16.0 Å². The molecule has 0 aliphatic carbocycles. The maximum atomic E-state index is 13.3. The van der Waals surface area contributed by atoms with Crippen molar-refractivity contribution >= 4 is 23.7 Å². The van der Waals surface area contributed by atoms with E-state index in [0.717, 1.165) is 23.4 Å². The zero-order valence-corrected chi connectivity index (χ0v) is 18.3. The number of halogens is 3. The van der Waals surface area contributed by atoms with Crippen LogP contribution in [0.5, 0.6) is 0 Å². The molecular formula is C23H24F3N5O2. The molecule has 3 N–H and O–H groups in total. The highest BCUT2D eigenvalue weighted by atomic mass is 19.4. The molecule has 2 rings (SSSR count). The van der Waals surface area contributed by atoms with Crippen molar-refractivity contribution < 1.29 is 22.8 Å². The maximum absolute atomic E-state index is 13.3. The van der Waals surface area contributed by atoms with Gasteiger partial charge < -0.3 is 11.1 Å². The van der Waals surface area contributed by atoms with Crippen LogP contribution in [0.15, 0.2) is 54.9 Å². The van der Waals surface area contributed by atoms with Crippen LogP contribution in [0.2, 0.25) is 0 Å². The van der Waals surface area contributed by atoms with Gasteiger partial charge >= 0.3 is 6.18 Å². The van der Waals surface area contributed by atoms with Crippen molar-refractivity contribution in [3.63, 3.8) is 0 Å². The lowest BCUT2D eigenvalue weighted by Gasteiger charge is -2.36. The van der Waals surface area contributed by atoms with Crippen LogP contribution in [-0.4, -0.2) is 29.8 Å². The molecule has 0 radical (unpaired) electrons. The summed E-state index contributed by atoms with van der Waals surface area (Å²) in [5, 5.41) is 11.9. The molecule has 7 nitrogen and oxygen atoms in total. The summed E-state index contributed by atoms with van der Waals surface area (Å²) in [4.78, 5) is 27.2. The van der Waals surface area contributed by atoms with E-state index in [2.05, 4.69) is 5.32 Å². The number of carbonyl (C=O) groups excluding carboxylic acids is 2. The summed E-state index contributed by atoms with van der Waals surface area (Å²) in [6.07, 6.45) is -1.71. The minimum atomic E-state index is -4.81. The molecule has 0 unspecified atom stereocenters. The molecule has 0 spiro atoms. The average Bonchev–Trinajstić information content (AvgIpc) is 2.78. The van der Waals surface area contributed by atoms with Gasteiger partial charge in [0.1, 0.15) is 0 Å². The molecule has 2 amide bonds. The predicted octanol–water partition coefficient (Wildman–Crippen LogP) is 3.82. The summed E-state index contributed by atoms with van der Waals surface area (Å²) in [7, 11) is 1.67. The fraction of sp³-hybridized carbons (Fsp3) is 0.261. The largest absolute Gasteiger partial charge is 0.417 e. The molecule has 0 saturated heterocycles. The molecule has 33 heavy (non-hydrogen) atoms. The average molecular weight is 459 g/mol. The highest BCUT2D eigenvalue weighted by Gasteiger charge is 2.38. The molecule has 2 aromatic rings. The van der Waals surface area contributed by atoms with Gasteiger partial charge in [-0.25, -0.2) is 0 Å². The molecular weight excluding hydrogens is 435 g/mol. The quantitative estimate of drug-likeness (QED) is 0.582. The Morgan fingerprint density at radius 2 is 1.82 bits per heavy atom. The first-order valence-corrected chi connectivity index (χ1v) is 9.79. The predicted molar refractivity (Wildman–Crippen MR) is 119 cm³/mol. The third kappa shape index (κ3) is 5.90. The topological polar surface area (TPSA) is 102 Å². The molecule has 2 aromatic carbocycles. The van der Waals surface area contributed by atoms with E-state index in [0.29, 0.717) is 17.5 Å². The molecule has 0 fully saturated rings. The first kappa shape index (κ1) is 25.4. The fourth-order valence-electron chi connectivity index (χ4n) is 3.02. The van der Waals surface area contributed by atoms with Crippen molar-refractivity contribution in [2.75, 3.05) is 17.3 Å². The summed E-state index contributed by atoms with van der Waals surface area (Å²) in [6, 6.07) is 11.5. The van der Waals surface area contributed by atoms with E-state index in [1.807, 2.05) is 24.3 Å². The van der Waals surface area contributed by atoms with E-state index in [1.54, 1.807) is 32.0 Å². The van der Waals surface area contributed by atoms with Gasteiger partial charge in [-0.15, -0.1) is 0 Å². The second-order valence-electron chi connectivity index (χ2n) is 7.74. The van der Waals surface area contributed by atoms with Gasteiger partial charge in [-0.2, -0.15) is 18.4 Å². The summed E-state index contributed by atoms with van der Waals surface area (Å²) in [5.41, 5.74) is 3.64. The lowest BCUT2D eigenvalue weighted by molar-refractivity contribution is -0.138. The molecule has 0 heterocycles. The molecule has 10 heteroatoms. The number of anilines is 2. The standard InChI is InChI=1S/C23H24F3N5O2/c1-22(2,30(3)14-16-4-7-18(8-5-16)29-11-10-27)21(33)31(15-32)19-9-6-17(13-28)20(12-19)23(24,25)26/h4-12,15,29H,14,27H2,1-3H3/b11-10-. The number of nitrogens with one attached hydrogen (secondary N) is 1. The number of hydrogen-bond acceptors (Lipinski definition) is 6. The van der Waals surface area contributed by atoms with Crippen LogP contribution in [0, 0.1) is 11.3 Å². The normalized spacial score (nSPS) is 11.9. The molecule has 0 aliphatic rings. The van der Waals surface area contributed by atoms with Gasteiger partial charge in [-0.05, 0) is 56.8 Å². The Morgan fingerprint density at radius 3 is 2.33 bits per heavy atom. The van der Waals surface area contributed by atoms with Crippen molar-refractivity contribution in [3.05, 3.63) is 71.6 Å².